The van der Waals surface area contributed by atoms with Gasteiger partial charge in [0.2, 0.25) is 5.95 Å². The largest absolute Gasteiger partial charge is 0.376 e. The molecule has 15 heavy (non-hydrogen) atoms. The Morgan fingerprint density at radius 3 is 3.13 bits per heavy atom. The molecule has 2 unspecified atom stereocenters. The molecule has 1 aromatic heterocycles. The lowest BCUT2D eigenvalue weighted by Crippen LogP contribution is -2.31. The molecule has 0 saturated carbocycles. The van der Waals surface area contributed by atoms with E-state index in [0.29, 0.717) is 12.5 Å². The summed E-state index contributed by atoms with van der Waals surface area (Å²) in [6.45, 7) is 3.37. The maximum Gasteiger partial charge on any atom is 0.352 e. The molecule has 1 saturated heterocycles. The molecule has 0 bridgehead atoms. The van der Waals surface area contributed by atoms with E-state index in [4.69, 9.17) is 10.5 Å². The van der Waals surface area contributed by atoms with Gasteiger partial charge in [-0.05, 0) is 12.3 Å². The van der Waals surface area contributed by atoms with Crippen molar-refractivity contribution < 1.29 is 4.74 Å². The quantitative estimate of drug-likeness (QED) is 0.721. The average Bonchev–Trinajstić information content (AvgIpc) is 2.57. The van der Waals surface area contributed by atoms with Crippen LogP contribution < -0.4 is 11.4 Å². The Morgan fingerprint density at radius 2 is 2.53 bits per heavy atom. The average molecular weight is 210 g/mol. The molecule has 0 aliphatic carbocycles. The number of nitrogens with zero attached hydrogens (tertiary/aromatic N) is 3. The third kappa shape index (κ3) is 2.15. The van der Waals surface area contributed by atoms with E-state index in [1.165, 1.54) is 10.9 Å². The van der Waals surface area contributed by atoms with E-state index in [0.717, 1.165) is 13.0 Å². The molecule has 0 radical (unpaired) electrons. The lowest BCUT2D eigenvalue weighted by molar-refractivity contribution is 0.0783. The zero-order chi connectivity index (χ0) is 10.8. The SMILES string of the molecule is CC1CCOC1Cn1cnc(N)nc1=O. The van der Waals surface area contributed by atoms with Gasteiger partial charge in [-0.1, -0.05) is 6.92 Å². The van der Waals surface area contributed by atoms with Gasteiger partial charge < -0.3 is 10.5 Å². The lowest BCUT2D eigenvalue weighted by Gasteiger charge is -2.14. The van der Waals surface area contributed by atoms with Crippen LogP contribution in [0.25, 0.3) is 0 Å². The maximum atomic E-state index is 11.4. The van der Waals surface area contributed by atoms with E-state index in [-0.39, 0.29) is 17.7 Å². The number of ether oxygens (including phenoxy) is 1. The van der Waals surface area contributed by atoms with E-state index in [9.17, 15) is 4.79 Å². The van der Waals surface area contributed by atoms with Crippen molar-refractivity contribution in [3.05, 3.63) is 16.8 Å². The molecule has 1 aliphatic rings. The number of anilines is 1. The van der Waals surface area contributed by atoms with Crippen LogP contribution in [0, 0.1) is 5.92 Å². The van der Waals surface area contributed by atoms with Crippen LogP contribution in [-0.2, 0) is 11.3 Å². The van der Waals surface area contributed by atoms with Gasteiger partial charge in [-0.15, -0.1) is 0 Å². The zero-order valence-corrected chi connectivity index (χ0v) is 8.59. The predicted molar refractivity (Wildman–Crippen MR) is 54.2 cm³/mol. The van der Waals surface area contributed by atoms with Gasteiger partial charge >= 0.3 is 5.69 Å². The number of rotatable bonds is 2. The minimum atomic E-state index is -0.370. The molecule has 2 N–H and O–H groups in total. The second-order valence-corrected chi connectivity index (χ2v) is 3.82. The number of hydrogen-bond donors (Lipinski definition) is 1. The minimum absolute atomic E-state index is 0.0108. The van der Waals surface area contributed by atoms with Gasteiger partial charge in [0.1, 0.15) is 6.33 Å². The summed E-state index contributed by atoms with van der Waals surface area (Å²) in [4.78, 5) is 18.8. The standard InChI is InChI=1S/C9H14N4O2/c1-6-2-3-15-7(6)4-13-5-11-8(10)12-9(13)14/h5-7H,2-4H2,1H3,(H2,10,12,14). The van der Waals surface area contributed by atoms with E-state index in [2.05, 4.69) is 16.9 Å². The summed E-state index contributed by atoms with van der Waals surface area (Å²) in [5, 5.41) is 0. The van der Waals surface area contributed by atoms with Crippen LogP contribution in [0.2, 0.25) is 0 Å². The highest BCUT2D eigenvalue weighted by atomic mass is 16.5. The van der Waals surface area contributed by atoms with Crippen molar-refractivity contribution in [3.63, 3.8) is 0 Å². The van der Waals surface area contributed by atoms with E-state index < -0.39 is 0 Å². The van der Waals surface area contributed by atoms with Crippen LogP contribution in [-0.4, -0.2) is 27.2 Å². The summed E-state index contributed by atoms with van der Waals surface area (Å²) in [5.41, 5.74) is 4.93. The fraction of sp³-hybridized carbons (Fsp3) is 0.667. The Bertz CT molecular complexity index is 403. The fourth-order valence-corrected chi connectivity index (χ4v) is 1.68. The van der Waals surface area contributed by atoms with Crippen LogP contribution >= 0.6 is 0 Å². The van der Waals surface area contributed by atoms with Crippen molar-refractivity contribution in [3.8, 4) is 0 Å². The first-order valence-electron chi connectivity index (χ1n) is 4.97. The van der Waals surface area contributed by atoms with Gasteiger partial charge in [-0.3, -0.25) is 4.57 Å². The van der Waals surface area contributed by atoms with E-state index >= 15 is 0 Å². The van der Waals surface area contributed by atoms with Crippen molar-refractivity contribution in [2.45, 2.75) is 26.0 Å². The van der Waals surface area contributed by atoms with Gasteiger partial charge in [0.15, 0.2) is 0 Å². The molecule has 0 aromatic carbocycles. The lowest BCUT2D eigenvalue weighted by atomic mass is 10.0. The second-order valence-electron chi connectivity index (χ2n) is 3.82. The molecule has 1 aliphatic heterocycles. The highest BCUT2D eigenvalue weighted by Gasteiger charge is 2.24. The molecule has 0 spiro atoms. The minimum Gasteiger partial charge on any atom is -0.376 e. The smallest absolute Gasteiger partial charge is 0.352 e. The van der Waals surface area contributed by atoms with Crippen molar-refractivity contribution in [1.29, 1.82) is 0 Å². The summed E-state index contributed by atoms with van der Waals surface area (Å²) in [6, 6.07) is 0. The Kier molecular flexibility index (Phi) is 2.68. The second kappa shape index (κ2) is 3.98. The van der Waals surface area contributed by atoms with Crippen molar-refractivity contribution >= 4 is 5.95 Å². The molecule has 2 rings (SSSR count). The van der Waals surface area contributed by atoms with Gasteiger partial charge in [0.25, 0.3) is 0 Å². The molecule has 2 heterocycles. The summed E-state index contributed by atoms with van der Waals surface area (Å²) in [7, 11) is 0. The summed E-state index contributed by atoms with van der Waals surface area (Å²) in [6.07, 6.45) is 2.53. The van der Waals surface area contributed by atoms with Crippen LogP contribution in [0.1, 0.15) is 13.3 Å². The zero-order valence-electron chi connectivity index (χ0n) is 8.59. The summed E-state index contributed by atoms with van der Waals surface area (Å²) < 4.78 is 6.94. The number of aromatic nitrogens is 3. The number of hydrogen-bond acceptors (Lipinski definition) is 5. The first kappa shape index (κ1) is 10.1. The van der Waals surface area contributed by atoms with E-state index in [1.807, 2.05) is 0 Å². The fourth-order valence-electron chi connectivity index (χ4n) is 1.68. The van der Waals surface area contributed by atoms with Crippen molar-refractivity contribution in [2.75, 3.05) is 12.3 Å². The number of nitrogens with two attached hydrogens (primary N) is 1. The van der Waals surface area contributed by atoms with E-state index in [1.54, 1.807) is 0 Å². The Balaban J connectivity index is 2.14. The maximum absolute atomic E-state index is 11.4. The van der Waals surface area contributed by atoms with Gasteiger partial charge in [-0.2, -0.15) is 4.98 Å². The molecule has 1 fully saturated rings. The van der Waals surface area contributed by atoms with Gasteiger partial charge in [0.05, 0.1) is 12.6 Å². The van der Waals surface area contributed by atoms with Crippen molar-refractivity contribution in [2.24, 2.45) is 5.92 Å². The first-order valence-corrected chi connectivity index (χ1v) is 4.97. The van der Waals surface area contributed by atoms with Gasteiger partial charge in [0, 0.05) is 6.61 Å². The number of nitrogen functional groups attached to an aromatic ring is 1. The predicted octanol–water partition coefficient (Wildman–Crippen LogP) is -0.355. The molecular weight excluding hydrogens is 196 g/mol. The molecule has 82 valence electrons. The molecule has 2 atom stereocenters. The van der Waals surface area contributed by atoms with Crippen molar-refractivity contribution in [1.82, 2.24) is 14.5 Å². The first-order chi connectivity index (χ1) is 7.16. The molecule has 6 heteroatoms. The third-order valence-electron chi connectivity index (χ3n) is 2.70. The van der Waals surface area contributed by atoms with Crippen LogP contribution in [0.15, 0.2) is 11.1 Å². The van der Waals surface area contributed by atoms with Crippen LogP contribution in [0.4, 0.5) is 5.95 Å². The normalized spacial score (nSPS) is 25.7. The molecular formula is C9H14N4O2. The Labute approximate surface area is 87.1 Å². The molecule has 0 amide bonds. The molecule has 1 aromatic rings. The topological polar surface area (TPSA) is 83.0 Å². The third-order valence-corrected chi connectivity index (χ3v) is 2.70. The summed E-state index contributed by atoms with van der Waals surface area (Å²) >= 11 is 0. The van der Waals surface area contributed by atoms with Gasteiger partial charge in [-0.25, -0.2) is 9.78 Å². The van der Waals surface area contributed by atoms with Crippen LogP contribution in [0.5, 0.6) is 0 Å². The monoisotopic (exact) mass is 210 g/mol. The highest BCUT2D eigenvalue weighted by Crippen LogP contribution is 2.20. The molecule has 6 nitrogen and oxygen atoms in total. The Hall–Kier alpha value is -1.43. The highest BCUT2D eigenvalue weighted by molar-refractivity contribution is 5.09. The summed E-state index contributed by atoms with van der Waals surface area (Å²) in [5.74, 6) is 0.478. The van der Waals surface area contributed by atoms with Crippen LogP contribution in [0.3, 0.4) is 0 Å². The Morgan fingerprint density at radius 1 is 1.73 bits per heavy atom.